The van der Waals surface area contributed by atoms with Gasteiger partial charge in [-0.1, -0.05) is 39.0 Å². The second-order valence-corrected chi connectivity index (χ2v) is 5.62. The summed E-state index contributed by atoms with van der Waals surface area (Å²) < 4.78 is 0. The average molecular weight is 221 g/mol. The molecular weight excluding hydrogens is 198 g/mol. The molecule has 0 radical (unpaired) electrons. The third kappa shape index (κ3) is 12.1. The zero-order valence-electron chi connectivity index (χ0n) is 9.00. The monoisotopic (exact) mass is 221 g/mol. The van der Waals surface area contributed by atoms with Gasteiger partial charge in [-0.05, 0) is 13.0 Å². The minimum atomic E-state index is -3.85. The lowest BCUT2D eigenvalue weighted by Gasteiger charge is -2.10. The number of unbranched alkanes of at least 4 members (excludes halogenated alkanes) is 5. The molecule has 86 valence electrons. The molecule has 0 spiro atoms. The summed E-state index contributed by atoms with van der Waals surface area (Å²) in [5.74, 6) is 0. The maximum atomic E-state index is 8.68. The molecule has 4 nitrogen and oxygen atoms in total. The van der Waals surface area contributed by atoms with Gasteiger partial charge in [0.25, 0.3) is 0 Å². The molecule has 0 aliphatic carbocycles. The van der Waals surface area contributed by atoms with Gasteiger partial charge in [0, 0.05) is 0 Å². The third-order valence-corrected chi connectivity index (χ3v) is 2.79. The number of hydrogen-bond acceptors (Lipinski definition) is 4. The highest BCUT2D eigenvalue weighted by Crippen LogP contribution is 2.03. The van der Waals surface area contributed by atoms with Gasteiger partial charge in [0.05, 0.1) is 6.17 Å². The van der Waals surface area contributed by atoms with Gasteiger partial charge >= 0.3 is 8.80 Å². The summed E-state index contributed by atoms with van der Waals surface area (Å²) in [7, 11) is -3.85. The first kappa shape index (κ1) is 14.1. The van der Waals surface area contributed by atoms with E-state index in [9.17, 15) is 0 Å². The molecule has 0 aromatic rings. The highest BCUT2D eigenvalue weighted by atomic mass is 28.4. The molecule has 0 aliphatic heterocycles. The van der Waals surface area contributed by atoms with Crippen LogP contribution in [0, 0.1) is 0 Å². The van der Waals surface area contributed by atoms with Crippen molar-refractivity contribution in [3.05, 3.63) is 0 Å². The molecule has 0 saturated carbocycles. The van der Waals surface area contributed by atoms with Crippen molar-refractivity contribution < 1.29 is 14.4 Å². The predicted molar refractivity (Wildman–Crippen MR) is 58.7 cm³/mol. The maximum Gasteiger partial charge on any atom is 0.507 e. The van der Waals surface area contributed by atoms with Gasteiger partial charge in [0.1, 0.15) is 0 Å². The Labute approximate surface area is 87.3 Å². The Balaban J connectivity index is 2.99. The summed E-state index contributed by atoms with van der Waals surface area (Å²) >= 11 is 0. The fraction of sp³-hybridized carbons (Fsp3) is 1.00. The van der Waals surface area contributed by atoms with Crippen molar-refractivity contribution in [3.63, 3.8) is 0 Å². The minimum absolute atomic E-state index is 0.0536. The smallest absolute Gasteiger partial charge is 0.389 e. The Morgan fingerprint density at radius 1 is 0.929 bits per heavy atom. The van der Waals surface area contributed by atoms with E-state index in [0.717, 1.165) is 13.0 Å². The van der Waals surface area contributed by atoms with Gasteiger partial charge < -0.3 is 19.7 Å². The van der Waals surface area contributed by atoms with Crippen LogP contribution < -0.4 is 5.32 Å². The Kier molecular flexibility index (Phi) is 8.41. The molecule has 0 rings (SSSR count). The lowest BCUT2D eigenvalue weighted by Crippen LogP contribution is -2.46. The number of rotatable bonds is 9. The summed E-state index contributed by atoms with van der Waals surface area (Å²) in [6.07, 6.45) is 7.24. The first-order valence-corrected chi connectivity index (χ1v) is 7.49. The van der Waals surface area contributed by atoms with E-state index in [-0.39, 0.29) is 6.17 Å². The fourth-order valence-corrected chi connectivity index (χ4v) is 1.80. The molecule has 0 unspecified atom stereocenters. The van der Waals surface area contributed by atoms with Gasteiger partial charge in [0.2, 0.25) is 0 Å². The SMILES string of the molecule is CCCCCCCCNC[Si](O)(O)O. The minimum Gasteiger partial charge on any atom is -0.389 e. The molecule has 0 atom stereocenters. The Hall–Kier alpha value is 0.0569. The van der Waals surface area contributed by atoms with Crippen molar-refractivity contribution in [2.24, 2.45) is 0 Å². The van der Waals surface area contributed by atoms with Crippen LogP contribution in [0.4, 0.5) is 0 Å². The van der Waals surface area contributed by atoms with Crippen LogP contribution in [-0.4, -0.2) is 35.9 Å². The first-order chi connectivity index (χ1) is 6.56. The average Bonchev–Trinajstić information content (AvgIpc) is 2.08. The normalized spacial score (nSPS) is 12.0. The van der Waals surface area contributed by atoms with Crippen LogP contribution in [0.5, 0.6) is 0 Å². The third-order valence-electron chi connectivity index (χ3n) is 2.07. The summed E-state index contributed by atoms with van der Waals surface area (Å²) in [5.41, 5.74) is 0. The van der Waals surface area contributed by atoms with Crippen LogP contribution in [0.1, 0.15) is 45.4 Å². The van der Waals surface area contributed by atoms with Crippen molar-refractivity contribution >= 4 is 8.80 Å². The maximum absolute atomic E-state index is 8.68. The second-order valence-electron chi connectivity index (χ2n) is 3.72. The fourth-order valence-electron chi connectivity index (χ4n) is 1.29. The van der Waals surface area contributed by atoms with E-state index in [0.29, 0.717) is 0 Å². The van der Waals surface area contributed by atoms with E-state index in [1.807, 2.05) is 0 Å². The van der Waals surface area contributed by atoms with Crippen LogP contribution >= 0.6 is 0 Å². The molecule has 0 fully saturated rings. The summed E-state index contributed by atoms with van der Waals surface area (Å²) in [6.45, 7) is 2.94. The molecule has 5 heteroatoms. The van der Waals surface area contributed by atoms with Crippen LogP contribution in [0.25, 0.3) is 0 Å². The lowest BCUT2D eigenvalue weighted by atomic mass is 10.1. The van der Waals surface area contributed by atoms with Gasteiger partial charge in [0.15, 0.2) is 0 Å². The van der Waals surface area contributed by atoms with E-state index in [1.54, 1.807) is 0 Å². The van der Waals surface area contributed by atoms with Gasteiger partial charge in [-0.15, -0.1) is 0 Å². The van der Waals surface area contributed by atoms with Crippen molar-refractivity contribution in [1.29, 1.82) is 0 Å². The molecule has 0 aromatic heterocycles. The summed E-state index contributed by atoms with van der Waals surface area (Å²) in [4.78, 5) is 26.0. The van der Waals surface area contributed by atoms with E-state index in [1.165, 1.54) is 32.1 Å². The first-order valence-electron chi connectivity index (χ1n) is 5.44. The molecule has 0 amide bonds. The van der Waals surface area contributed by atoms with Gasteiger partial charge in [-0.3, -0.25) is 0 Å². The summed E-state index contributed by atoms with van der Waals surface area (Å²) in [6, 6.07) is 0. The largest absolute Gasteiger partial charge is 0.507 e. The molecule has 4 N–H and O–H groups in total. The molecule has 0 aromatic carbocycles. The molecule has 0 saturated heterocycles. The Morgan fingerprint density at radius 3 is 2.07 bits per heavy atom. The Morgan fingerprint density at radius 2 is 1.50 bits per heavy atom. The van der Waals surface area contributed by atoms with Crippen molar-refractivity contribution in [2.45, 2.75) is 45.4 Å². The molecule has 0 bridgehead atoms. The highest BCUT2D eigenvalue weighted by Gasteiger charge is 2.25. The van der Waals surface area contributed by atoms with Crippen LogP contribution in [0.2, 0.25) is 0 Å². The van der Waals surface area contributed by atoms with E-state index in [4.69, 9.17) is 14.4 Å². The lowest BCUT2D eigenvalue weighted by molar-refractivity contribution is 0.224. The predicted octanol–water partition coefficient (Wildman–Crippen LogP) is 0.392. The zero-order chi connectivity index (χ0) is 10.9. The van der Waals surface area contributed by atoms with E-state index >= 15 is 0 Å². The van der Waals surface area contributed by atoms with Crippen molar-refractivity contribution in [2.75, 3.05) is 12.7 Å². The molecule has 0 heterocycles. The molecule has 0 aliphatic rings. The molecular formula is C9H23NO3Si. The van der Waals surface area contributed by atoms with E-state index in [2.05, 4.69) is 12.2 Å². The standard InChI is InChI=1S/C9H23NO3Si/c1-2-3-4-5-6-7-8-10-9-14(11,12)13/h10-13H,2-9H2,1H3. The quantitative estimate of drug-likeness (QED) is 0.336. The van der Waals surface area contributed by atoms with Crippen molar-refractivity contribution in [3.8, 4) is 0 Å². The summed E-state index contributed by atoms with van der Waals surface area (Å²) in [5, 5.41) is 2.83. The van der Waals surface area contributed by atoms with Crippen LogP contribution in [0.15, 0.2) is 0 Å². The van der Waals surface area contributed by atoms with Gasteiger partial charge in [-0.2, -0.15) is 0 Å². The van der Waals surface area contributed by atoms with Crippen LogP contribution in [0.3, 0.4) is 0 Å². The van der Waals surface area contributed by atoms with Crippen LogP contribution in [-0.2, 0) is 0 Å². The van der Waals surface area contributed by atoms with E-state index < -0.39 is 8.80 Å². The Bertz CT molecular complexity index is 128. The highest BCUT2D eigenvalue weighted by molar-refractivity contribution is 6.56. The van der Waals surface area contributed by atoms with Crippen molar-refractivity contribution in [1.82, 2.24) is 5.32 Å². The number of nitrogens with one attached hydrogen (secondary N) is 1. The second kappa shape index (κ2) is 8.37. The number of hydrogen-bond donors (Lipinski definition) is 4. The zero-order valence-corrected chi connectivity index (χ0v) is 10.00. The topological polar surface area (TPSA) is 72.7 Å². The molecule has 14 heavy (non-hydrogen) atoms. The van der Waals surface area contributed by atoms with Gasteiger partial charge in [-0.25, -0.2) is 0 Å².